The lowest BCUT2D eigenvalue weighted by molar-refractivity contribution is -0.137. The summed E-state index contributed by atoms with van der Waals surface area (Å²) in [5.74, 6) is 1.16. The number of hydrogen-bond acceptors (Lipinski definition) is 4. The fourth-order valence-corrected chi connectivity index (χ4v) is 3.49. The maximum absolute atomic E-state index is 12.7. The number of aromatic nitrogens is 4. The summed E-state index contributed by atoms with van der Waals surface area (Å²) in [6, 6.07) is 16.8. The molecule has 0 unspecified atom stereocenters. The van der Waals surface area contributed by atoms with Gasteiger partial charge in [-0.1, -0.05) is 53.7 Å². The van der Waals surface area contributed by atoms with E-state index in [-0.39, 0.29) is 0 Å². The first-order valence-corrected chi connectivity index (χ1v) is 9.47. The first-order chi connectivity index (χ1) is 13.4. The van der Waals surface area contributed by atoms with E-state index >= 15 is 0 Å². The van der Waals surface area contributed by atoms with Crippen LogP contribution in [-0.2, 0) is 11.9 Å². The fourth-order valence-electron chi connectivity index (χ4n) is 2.68. The van der Waals surface area contributed by atoms with Gasteiger partial charge in [0.2, 0.25) is 0 Å². The van der Waals surface area contributed by atoms with Crippen molar-refractivity contribution in [1.29, 1.82) is 0 Å². The molecule has 4 nitrogen and oxygen atoms in total. The van der Waals surface area contributed by atoms with E-state index in [1.807, 2.05) is 43.3 Å². The van der Waals surface area contributed by atoms with Crippen molar-refractivity contribution in [2.45, 2.75) is 23.9 Å². The summed E-state index contributed by atoms with van der Waals surface area (Å²) in [7, 11) is 0. The van der Waals surface area contributed by atoms with Crippen LogP contribution in [0.4, 0.5) is 13.2 Å². The predicted molar refractivity (Wildman–Crippen MR) is 102 cm³/mol. The molecule has 0 radical (unpaired) electrons. The lowest BCUT2D eigenvalue weighted by atomic mass is 10.1. The Bertz CT molecular complexity index is 1100. The summed E-state index contributed by atoms with van der Waals surface area (Å²) in [5, 5.41) is 13.7. The zero-order valence-electron chi connectivity index (χ0n) is 14.8. The summed E-state index contributed by atoms with van der Waals surface area (Å²) in [5.41, 5.74) is 2.85. The summed E-state index contributed by atoms with van der Waals surface area (Å²) in [4.78, 5) is 0. The van der Waals surface area contributed by atoms with Crippen LogP contribution in [0.3, 0.4) is 0 Å². The molecule has 8 heteroatoms. The van der Waals surface area contributed by atoms with Crippen LogP contribution in [-0.4, -0.2) is 19.8 Å². The molecule has 0 bridgehead atoms. The standard InChI is InChI=1S/C20H15F3N4S/c1-13-2-6-15(7-3-13)19-25-24-17-10-11-18(26-27(17)19)28-12-14-4-8-16(9-5-14)20(21,22)23/h2-11H,12H2,1H3. The number of fused-ring (bicyclic) bond motifs is 1. The minimum Gasteiger partial charge on any atom is -0.192 e. The maximum atomic E-state index is 12.7. The molecule has 2 heterocycles. The van der Waals surface area contributed by atoms with Gasteiger partial charge >= 0.3 is 6.18 Å². The van der Waals surface area contributed by atoms with Crippen LogP contribution in [0.15, 0.2) is 65.7 Å². The zero-order valence-corrected chi connectivity index (χ0v) is 15.6. The molecule has 0 aliphatic carbocycles. The lowest BCUT2D eigenvalue weighted by Crippen LogP contribution is -2.04. The van der Waals surface area contributed by atoms with Crippen LogP contribution in [0.25, 0.3) is 17.0 Å². The second-order valence-electron chi connectivity index (χ2n) is 6.31. The largest absolute Gasteiger partial charge is 0.416 e. The molecule has 0 saturated carbocycles. The number of hydrogen-bond donors (Lipinski definition) is 0. The van der Waals surface area contributed by atoms with Crippen LogP contribution in [0.1, 0.15) is 16.7 Å². The van der Waals surface area contributed by atoms with E-state index in [1.54, 1.807) is 4.52 Å². The second kappa shape index (κ2) is 7.27. The van der Waals surface area contributed by atoms with Crippen molar-refractivity contribution < 1.29 is 13.2 Å². The lowest BCUT2D eigenvalue weighted by Gasteiger charge is -2.07. The first kappa shape index (κ1) is 18.5. The van der Waals surface area contributed by atoms with Crippen molar-refractivity contribution in [1.82, 2.24) is 19.8 Å². The highest BCUT2D eigenvalue weighted by Gasteiger charge is 2.29. The van der Waals surface area contributed by atoms with E-state index in [0.29, 0.717) is 17.2 Å². The van der Waals surface area contributed by atoms with Crippen molar-refractivity contribution in [3.63, 3.8) is 0 Å². The highest BCUT2D eigenvalue weighted by molar-refractivity contribution is 7.98. The van der Waals surface area contributed by atoms with Crippen molar-refractivity contribution in [2.75, 3.05) is 0 Å². The summed E-state index contributed by atoms with van der Waals surface area (Å²) >= 11 is 1.44. The van der Waals surface area contributed by atoms with E-state index in [4.69, 9.17) is 0 Å². The summed E-state index contributed by atoms with van der Waals surface area (Å²) in [6.07, 6.45) is -4.32. The molecule has 0 aliphatic rings. The number of thioether (sulfide) groups is 1. The molecule has 2 aromatic carbocycles. The smallest absolute Gasteiger partial charge is 0.192 e. The maximum Gasteiger partial charge on any atom is 0.416 e. The van der Waals surface area contributed by atoms with Gasteiger partial charge in [-0.05, 0) is 36.8 Å². The molecule has 142 valence electrons. The molecule has 0 spiro atoms. The van der Waals surface area contributed by atoms with Crippen LogP contribution in [0.5, 0.6) is 0 Å². The van der Waals surface area contributed by atoms with E-state index in [2.05, 4.69) is 15.3 Å². The van der Waals surface area contributed by atoms with Crippen LogP contribution in [0.2, 0.25) is 0 Å². The number of benzene rings is 2. The van der Waals surface area contributed by atoms with Gasteiger partial charge in [0, 0.05) is 11.3 Å². The Morgan fingerprint density at radius 2 is 1.61 bits per heavy atom. The minimum atomic E-state index is -4.32. The Hall–Kier alpha value is -2.87. The van der Waals surface area contributed by atoms with Gasteiger partial charge in [0.05, 0.1) is 5.56 Å². The molecule has 4 aromatic rings. The molecule has 0 N–H and O–H groups in total. The van der Waals surface area contributed by atoms with E-state index in [9.17, 15) is 13.2 Å². The number of rotatable bonds is 4. The summed E-state index contributed by atoms with van der Waals surface area (Å²) < 4.78 is 39.7. The second-order valence-corrected chi connectivity index (χ2v) is 7.31. The van der Waals surface area contributed by atoms with Gasteiger partial charge in [0.15, 0.2) is 11.5 Å². The third-order valence-corrected chi connectivity index (χ3v) is 5.21. The monoisotopic (exact) mass is 400 g/mol. The molecular weight excluding hydrogens is 385 g/mol. The molecule has 0 saturated heterocycles. The predicted octanol–water partition coefficient (Wildman–Crippen LogP) is 5.41. The Morgan fingerprint density at radius 1 is 0.893 bits per heavy atom. The Labute approximate surface area is 163 Å². The van der Waals surface area contributed by atoms with Gasteiger partial charge in [0.1, 0.15) is 5.03 Å². The van der Waals surface area contributed by atoms with Crippen molar-refractivity contribution in [3.8, 4) is 11.4 Å². The van der Waals surface area contributed by atoms with Crippen LogP contribution in [0, 0.1) is 6.92 Å². The van der Waals surface area contributed by atoms with E-state index < -0.39 is 11.7 Å². The van der Waals surface area contributed by atoms with Crippen molar-refractivity contribution in [2.24, 2.45) is 0 Å². The van der Waals surface area contributed by atoms with Gasteiger partial charge < -0.3 is 0 Å². The summed E-state index contributed by atoms with van der Waals surface area (Å²) in [6.45, 7) is 2.01. The van der Waals surface area contributed by atoms with E-state index in [0.717, 1.165) is 33.8 Å². The van der Waals surface area contributed by atoms with Crippen LogP contribution < -0.4 is 0 Å². The minimum absolute atomic E-state index is 0.513. The average molecular weight is 400 g/mol. The molecule has 0 fully saturated rings. The van der Waals surface area contributed by atoms with Crippen molar-refractivity contribution >= 4 is 17.4 Å². The fraction of sp³-hybridized carbons (Fsp3) is 0.150. The molecule has 28 heavy (non-hydrogen) atoms. The third-order valence-electron chi connectivity index (χ3n) is 4.22. The van der Waals surface area contributed by atoms with E-state index in [1.165, 1.54) is 23.9 Å². The number of aryl methyl sites for hydroxylation is 1. The van der Waals surface area contributed by atoms with Gasteiger partial charge in [-0.3, -0.25) is 0 Å². The van der Waals surface area contributed by atoms with Gasteiger partial charge in [0.25, 0.3) is 0 Å². The van der Waals surface area contributed by atoms with Crippen molar-refractivity contribution in [3.05, 3.63) is 77.4 Å². The molecular formula is C20H15F3N4S. The highest BCUT2D eigenvalue weighted by atomic mass is 32.2. The van der Waals surface area contributed by atoms with Gasteiger partial charge in [-0.15, -0.1) is 10.2 Å². The SMILES string of the molecule is Cc1ccc(-c2nnc3ccc(SCc4ccc(C(F)(F)F)cc4)nn23)cc1. The highest BCUT2D eigenvalue weighted by Crippen LogP contribution is 2.30. The number of nitrogens with zero attached hydrogens (tertiary/aromatic N) is 4. The molecule has 0 aliphatic heterocycles. The Kier molecular flexibility index (Phi) is 4.80. The molecule has 0 atom stereocenters. The first-order valence-electron chi connectivity index (χ1n) is 8.48. The Balaban J connectivity index is 1.55. The Morgan fingerprint density at radius 3 is 2.29 bits per heavy atom. The van der Waals surface area contributed by atoms with Crippen LogP contribution >= 0.6 is 11.8 Å². The average Bonchev–Trinajstić information content (AvgIpc) is 3.10. The molecule has 0 amide bonds. The van der Waals surface area contributed by atoms with Gasteiger partial charge in [-0.2, -0.15) is 22.8 Å². The third kappa shape index (κ3) is 3.87. The normalized spacial score (nSPS) is 11.9. The number of alkyl halides is 3. The van der Waals surface area contributed by atoms with Gasteiger partial charge in [-0.25, -0.2) is 0 Å². The quantitative estimate of drug-likeness (QED) is 0.430. The topological polar surface area (TPSA) is 43.1 Å². The molecule has 4 rings (SSSR count). The molecule has 2 aromatic heterocycles. The zero-order chi connectivity index (χ0) is 19.7. The number of halogens is 3.